The zero-order valence-electron chi connectivity index (χ0n) is 17.4. The van der Waals surface area contributed by atoms with Crippen molar-refractivity contribution in [3.8, 4) is 11.4 Å². The molecule has 0 unspecified atom stereocenters. The van der Waals surface area contributed by atoms with Gasteiger partial charge in [0.15, 0.2) is 0 Å². The van der Waals surface area contributed by atoms with Gasteiger partial charge in [-0.3, -0.25) is 19.5 Å². The Morgan fingerprint density at radius 3 is 2.61 bits per heavy atom. The lowest BCUT2D eigenvalue weighted by molar-refractivity contribution is -0.388. The van der Waals surface area contributed by atoms with Gasteiger partial charge in [-0.2, -0.15) is 13.2 Å². The molecule has 3 rings (SSSR count). The van der Waals surface area contributed by atoms with E-state index in [4.69, 9.17) is 4.74 Å². The molecule has 0 fully saturated rings. The summed E-state index contributed by atoms with van der Waals surface area (Å²) in [4.78, 5) is 21.8. The summed E-state index contributed by atoms with van der Waals surface area (Å²) in [5, 5.41) is 22.5. The molecule has 0 spiro atoms. The number of benzene rings is 2. The lowest BCUT2D eigenvalue weighted by Crippen LogP contribution is -2.23. The second-order valence-electron chi connectivity index (χ2n) is 6.68. The Bertz CT molecular complexity index is 1180. The second kappa shape index (κ2) is 9.90. The minimum atomic E-state index is -4.72. The SMILES string of the molecule is COc1ccccc1-n1c(CCNC(C)=O)nnc1Sc1ccc(C(F)(F)F)cc1[N+](=O)[O-]. The van der Waals surface area contributed by atoms with E-state index in [0.29, 0.717) is 23.3 Å². The summed E-state index contributed by atoms with van der Waals surface area (Å²) in [5.41, 5.74) is -1.30. The predicted molar refractivity (Wildman–Crippen MR) is 113 cm³/mol. The smallest absolute Gasteiger partial charge is 0.416 e. The van der Waals surface area contributed by atoms with Crippen LogP contribution >= 0.6 is 11.8 Å². The van der Waals surface area contributed by atoms with E-state index in [2.05, 4.69) is 15.5 Å². The second-order valence-corrected chi connectivity index (χ2v) is 7.69. The van der Waals surface area contributed by atoms with Gasteiger partial charge in [-0.1, -0.05) is 12.1 Å². The molecule has 174 valence electrons. The fourth-order valence-electron chi connectivity index (χ4n) is 2.96. The van der Waals surface area contributed by atoms with Crippen molar-refractivity contribution in [2.24, 2.45) is 0 Å². The molecule has 1 N–H and O–H groups in total. The quantitative estimate of drug-likeness (QED) is 0.382. The number of carbonyl (C=O) groups excluding carboxylic acids is 1. The normalized spacial score (nSPS) is 11.3. The molecule has 33 heavy (non-hydrogen) atoms. The number of nitro groups is 1. The molecule has 9 nitrogen and oxygen atoms in total. The van der Waals surface area contributed by atoms with E-state index in [1.165, 1.54) is 14.0 Å². The molecule has 0 bridgehead atoms. The van der Waals surface area contributed by atoms with Crippen LogP contribution in [0.1, 0.15) is 18.3 Å². The Labute approximate surface area is 190 Å². The van der Waals surface area contributed by atoms with Crippen LogP contribution in [0.4, 0.5) is 18.9 Å². The summed E-state index contributed by atoms with van der Waals surface area (Å²) in [6, 6.07) is 9.20. The average molecular weight is 481 g/mol. The first-order valence-corrected chi connectivity index (χ1v) is 10.3. The lowest BCUT2D eigenvalue weighted by Gasteiger charge is -2.14. The molecular weight excluding hydrogens is 463 g/mol. The highest BCUT2D eigenvalue weighted by atomic mass is 32.2. The van der Waals surface area contributed by atoms with Gasteiger partial charge in [0.2, 0.25) is 11.1 Å². The average Bonchev–Trinajstić information content (AvgIpc) is 3.14. The lowest BCUT2D eigenvalue weighted by atomic mass is 10.2. The topological polar surface area (TPSA) is 112 Å². The van der Waals surface area contributed by atoms with Gasteiger partial charge in [0.1, 0.15) is 11.6 Å². The third kappa shape index (κ3) is 5.61. The van der Waals surface area contributed by atoms with Gasteiger partial charge in [0, 0.05) is 26.0 Å². The summed E-state index contributed by atoms with van der Waals surface area (Å²) >= 11 is 0.801. The first-order valence-electron chi connectivity index (χ1n) is 9.47. The van der Waals surface area contributed by atoms with Gasteiger partial charge in [-0.05, 0) is 36.0 Å². The summed E-state index contributed by atoms with van der Waals surface area (Å²) in [6.45, 7) is 1.63. The molecule has 1 amide bonds. The van der Waals surface area contributed by atoms with Crippen molar-refractivity contribution < 1.29 is 27.6 Å². The van der Waals surface area contributed by atoms with E-state index >= 15 is 0 Å². The molecule has 0 radical (unpaired) electrons. The minimum Gasteiger partial charge on any atom is -0.495 e. The molecule has 3 aromatic rings. The van der Waals surface area contributed by atoms with E-state index in [1.54, 1.807) is 28.8 Å². The van der Waals surface area contributed by atoms with E-state index in [-0.39, 0.29) is 28.9 Å². The largest absolute Gasteiger partial charge is 0.495 e. The summed E-state index contributed by atoms with van der Waals surface area (Å²) < 4.78 is 46.1. The predicted octanol–water partition coefficient (Wildman–Crippen LogP) is 4.03. The number of methoxy groups -OCH3 is 1. The van der Waals surface area contributed by atoms with Gasteiger partial charge in [-0.15, -0.1) is 10.2 Å². The van der Waals surface area contributed by atoms with Gasteiger partial charge < -0.3 is 10.1 Å². The van der Waals surface area contributed by atoms with Gasteiger partial charge in [-0.25, -0.2) is 0 Å². The Kier molecular flexibility index (Phi) is 7.21. The summed E-state index contributed by atoms with van der Waals surface area (Å²) in [5.74, 6) is 0.653. The van der Waals surface area contributed by atoms with Crippen LogP contribution in [0.15, 0.2) is 52.5 Å². The maximum absolute atomic E-state index is 13.0. The fourth-order valence-corrected chi connectivity index (χ4v) is 3.90. The Balaban J connectivity index is 2.07. The molecule has 0 aliphatic carbocycles. The van der Waals surface area contributed by atoms with Crippen molar-refractivity contribution in [2.45, 2.75) is 29.6 Å². The van der Waals surface area contributed by atoms with Gasteiger partial charge >= 0.3 is 6.18 Å². The highest BCUT2D eigenvalue weighted by Crippen LogP contribution is 2.40. The number of nitro benzene ring substituents is 1. The summed E-state index contributed by atoms with van der Waals surface area (Å²) in [7, 11) is 1.47. The number of aromatic nitrogens is 3. The van der Waals surface area contributed by atoms with Crippen molar-refractivity contribution in [1.82, 2.24) is 20.1 Å². The first-order chi connectivity index (χ1) is 15.6. The number of nitrogens with zero attached hydrogens (tertiary/aromatic N) is 4. The number of hydrogen-bond donors (Lipinski definition) is 1. The zero-order chi connectivity index (χ0) is 24.2. The van der Waals surface area contributed by atoms with Gasteiger partial charge in [0.05, 0.1) is 28.2 Å². The highest BCUT2D eigenvalue weighted by Gasteiger charge is 2.33. The molecule has 0 aliphatic rings. The number of ether oxygens (including phenoxy) is 1. The van der Waals surface area contributed by atoms with Crippen LogP contribution in [0.3, 0.4) is 0 Å². The van der Waals surface area contributed by atoms with Crippen LogP contribution in [0.25, 0.3) is 5.69 Å². The molecule has 0 aliphatic heterocycles. The maximum atomic E-state index is 13.0. The molecule has 2 aromatic carbocycles. The number of rotatable bonds is 8. The molecule has 13 heteroatoms. The van der Waals surface area contributed by atoms with E-state index in [9.17, 15) is 28.1 Å². The van der Waals surface area contributed by atoms with E-state index < -0.39 is 22.4 Å². The van der Waals surface area contributed by atoms with Crippen molar-refractivity contribution in [3.05, 3.63) is 64.0 Å². The first kappa shape index (κ1) is 24.0. The van der Waals surface area contributed by atoms with Crippen LogP contribution in [0, 0.1) is 10.1 Å². The van der Waals surface area contributed by atoms with Crippen molar-refractivity contribution in [3.63, 3.8) is 0 Å². The number of alkyl halides is 3. The number of amides is 1. The maximum Gasteiger partial charge on any atom is 0.416 e. The Morgan fingerprint density at radius 1 is 1.24 bits per heavy atom. The standard InChI is InChI=1S/C20H18F3N5O4S/c1-12(29)24-10-9-18-25-26-19(27(18)14-5-3-4-6-16(14)32-2)33-17-8-7-13(20(21,22)23)11-15(17)28(30)31/h3-8,11H,9-10H2,1-2H3,(H,24,29). The molecule has 1 aromatic heterocycles. The molecule has 0 atom stereocenters. The van der Waals surface area contributed by atoms with Crippen LogP contribution in [0.5, 0.6) is 5.75 Å². The van der Waals surface area contributed by atoms with E-state index in [1.807, 2.05) is 0 Å². The number of carbonyl (C=O) groups is 1. The Hall–Kier alpha value is -3.61. The van der Waals surface area contributed by atoms with Crippen molar-refractivity contribution in [1.29, 1.82) is 0 Å². The zero-order valence-corrected chi connectivity index (χ0v) is 18.2. The van der Waals surface area contributed by atoms with Crippen LogP contribution in [0.2, 0.25) is 0 Å². The molecule has 1 heterocycles. The third-order valence-corrected chi connectivity index (χ3v) is 5.45. The number of hydrogen-bond acceptors (Lipinski definition) is 7. The number of nitrogens with one attached hydrogen (secondary N) is 1. The van der Waals surface area contributed by atoms with Crippen molar-refractivity contribution >= 4 is 23.4 Å². The Morgan fingerprint density at radius 2 is 1.97 bits per heavy atom. The number of para-hydroxylation sites is 2. The van der Waals surface area contributed by atoms with Crippen molar-refractivity contribution in [2.75, 3.05) is 13.7 Å². The molecule has 0 saturated heterocycles. The molecular formula is C20H18F3N5O4S. The third-order valence-electron chi connectivity index (χ3n) is 4.43. The van der Waals surface area contributed by atoms with Gasteiger partial charge in [0.25, 0.3) is 5.69 Å². The van der Waals surface area contributed by atoms with E-state index in [0.717, 1.165) is 23.9 Å². The fraction of sp³-hybridized carbons (Fsp3) is 0.250. The van der Waals surface area contributed by atoms with Crippen LogP contribution in [-0.2, 0) is 17.4 Å². The molecule has 0 saturated carbocycles. The minimum absolute atomic E-state index is 0.0371. The monoisotopic (exact) mass is 481 g/mol. The highest BCUT2D eigenvalue weighted by molar-refractivity contribution is 7.99. The summed E-state index contributed by atoms with van der Waals surface area (Å²) in [6.07, 6.45) is -4.44. The van der Waals surface area contributed by atoms with Crippen LogP contribution in [-0.4, -0.2) is 39.2 Å². The van der Waals surface area contributed by atoms with Crippen LogP contribution < -0.4 is 10.1 Å². The number of halogens is 3.